The lowest BCUT2D eigenvalue weighted by atomic mass is 10.2. The van der Waals surface area contributed by atoms with Gasteiger partial charge in [0.05, 0.1) is 21.6 Å². The summed E-state index contributed by atoms with van der Waals surface area (Å²) in [7, 11) is 0. The number of benzene rings is 2. The average Bonchev–Trinajstić information content (AvgIpc) is 2.44. The molecule has 2 aromatic carbocycles. The van der Waals surface area contributed by atoms with E-state index in [0.717, 1.165) is 5.56 Å². The van der Waals surface area contributed by atoms with Crippen LogP contribution in [0, 0.1) is 6.92 Å². The second-order valence-corrected chi connectivity index (χ2v) is 5.21. The molecule has 0 atom stereocenters. The number of aromatic nitrogens is 2. The van der Waals surface area contributed by atoms with Crippen molar-refractivity contribution in [2.45, 2.75) is 6.92 Å². The van der Waals surface area contributed by atoms with Gasteiger partial charge >= 0.3 is 0 Å². The molecule has 6 heteroatoms. The van der Waals surface area contributed by atoms with Gasteiger partial charge in [-0.15, -0.1) is 0 Å². The fourth-order valence-corrected chi connectivity index (χ4v) is 2.24. The molecule has 0 amide bonds. The number of nitrogens with one attached hydrogen (secondary N) is 2. The number of nitrogens with two attached hydrogens (primary N) is 1. The second-order valence-electron chi connectivity index (χ2n) is 4.80. The normalized spacial score (nSPS) is 10.8. The van der Waals surface area contributed by atoms with Gasteiger partial charge in [0.2, 0.25) is 5.95 Å². The Hall–Kier alpha value is -2.53. The Kier molecular flexibility index (Phi) is 3.27. The molecule has 0 unspecified atom stereocenters. The maximum atomic E-state index is 12.1. The molecule has 3 rings (SSSR count). The predicted molar refractivity (Wildman–Crippen MR) is 86.2 cm³/mol. The number of halogens is 1. The SMILES string of the molecule is Cc1ccc(Cl)c(Nc2nc3ccc(N)cc3c(=O)[nH]2)c1. The van der Waals surface area contributed by atoms with E-state index in [1.807, 2.05) is 19.1 Å². The van der Waals surface area contributed by atoms with Crippen LogP contribution in [0.1, 0.15) is 5.56 Å². The van der Waals surface area contributed by atoms with Gasteiger partial charge in [0.25, 0.3) is 5.56 Å². The van der Waals surface area contributed by atoms with Crippen molar-refractivity contribution in [3.63, 3.8) is 0 Å². The van der Waals surface area contributed by atoms with Gasteiger partial charge in [-0.1, -0.05) is 17.7 Å². The fourth-order valence-electron chi connectivity index (χ4n) is 2.08. The second kappa shape index (κ2) is 5.10. The van der Waals surface area contributed by atoms with E-state index in [0.29, 0.717) is 33.2 Å². The first-order valence-corrected chi connectivity index (χ1v) is 6.73. The number of fused-ring (bicyclic) bond motifs is 1. The minimum absolute atomic E-state index is 0.251. The zero-order valence-corrected chi connectivity index (χ0v) is 12.0. The molecule has 0 saturated carbocycles. The van der Waals surface area contributed by atoms with Crippen molar-refractivity contribution in [2.24, 2.45) is 0 Å². The largest absolute Gasteiger partial charge is 0.399 e. The quantitative estimate of drug-likeness (QED) is 0.635. The Morgan fingerprint density at radius 3 is 2.86 bits per heavy atom. The highest BCUT2D eigenvalue weighted by Crippen LogP contribution is 2.25. The molecule has 21 heavy (non-hydrogen) atoms. The van der Waals surface area contributed by atoms with Crippen LogP contribution in [0.2, 0.25) is 5.02 Å². The number of hydrogen-bond donors (Lipinski definition) is 3. The van der Waals surface area contributed by atoms with Gasteiger partial charge in [-0.2, -0.15) is 0 Å². The van der Waals surface area contributed by atoms with Gasteiger partial charge in [-0.05, 0) is 42.8 Å². The Bertz CT molecular complexity index is 888. The van der Waals surface area contributed by atoms with Gasteiger partial charge in [0.15, 0.2) is 0 Å². The summed E-state index contributed by atoms with van der Waals surface area (Å²) in [5.41, 5.74) is 8.26. The van der Waals surface area contributed by atoms with Crippen molar-refractivity contribution >= 4 is 39.8 Å². The predicted octanol–water partition coefficient (Wildman–Crippen LogP) is 3.21. The Balaban J connectivity index is 2.07. The molecular formula is C15H13ClN4O. The Morgan fingerprint density at radius 1 is 1.24 bits per heavy atom. The number of aryl methyl sites for hydroxylation is 1. The molecule has 0 fully saturated rings. The van der Waals surface area contributed by atoms with Crippen molar-refractivity contribution in [1.82, 2.24) is 9.97 Å². The van der Waals surface area contributed by atoms with Crippen molar-refractivity contribution < 1.29 is 0 Å². The molecule has 0 aliphatic rings. The average molecular weight is 301 g/mol. The van der Waals surface area contributed by atoms with E-state index < -0.39 is 0 Å². The number of nitrogens with zero attached hydrogens (tertiary/aromatic N) is 1. The highest BCUT2D eigenvalue weighted by molar-refractivity contribution is 6.33. The van der Waals surface area contributed by atoms with E-state index in [9.17, 15) is 4.79 Å². The number of hydrogen-bond acceptors (Lipinski definition) is 4. The van der Waals surface area contributed by atoms with Crippen LogP contribution in [-0.4, -0.2) is 9.97 Å². The molecule has 5 nitrogen and oxygen atoms in total. The van der Waals surface area contributed by atoms with E-state index in [4.69, 9.17) is 17.3 Å². The van der Waals surface area contributed by atoms with Crippen LogP contribution in [0.3, 0.4) is 0 Å². The van der Waals surface area contributed by atoms with E-state index in [-0.39, 0.29) is 5.56 Å². The van der Waals surface area contributed by atoms with Gasteiger partial charge in [0.1, 0.15) is 0 Å². The summed E-state index contributed by atoms with van der Waals surface area (Å²) < 4.78 is 0. The van der Waals surface area contributed by atoms with Crippen LogP contribution in [0.25, 0.3) is 10.9 Å². The number of nitrogen functional groups attached to an aromatic ring is 1. The van der Waals surface area contributed by atoms with Gasteiger partial charge in [-0.3, -0.25) is 9.78 Å². The minimum Gasteiger partial charge on any atom is -0.399 e. The van der Waals surface area contributed by atoms with Gasteiger partial charge in [0, 0.05) is 5.69 Å². The topological polar surface area (TPSA) is 83.8 Å². The van der Waals surface area contributed by atoms with Crippen LogP contribution in [-0.2, 0) is 0 Å². The molecule has 106 valence electrons. The summed E-state index contributed by atoms with van der Waals surface area (Å²) in [6.07, 6.45) is 0. The third kappa shape index (κ3) is 2.68. The van der Waals surface area contributed by atoms with Crippen molar-refractivity contribution in [2.75, 3.05) is 11.1 Å². The third-order valence-corrected chi connectivity index (χ3v) is 3.43. The minimum atomic E-state index is -0.251. The first-order valence-electron chi connectivity index (χ1n) is 6.36. The van der Waals surface area contributed by atoms with Gasteiger partial charge in [-0.25, -0.2) is 4.98 Å². The van der Waals surface area contributed by atoms with E-state index in [1.165, 1.54) is 0 Å². The standard InChI is InChI=1S/C15H13ClN4O/c1-8-2-4-11(16)13(6-8)19-15-18-12-5-3-9(17)7-10(12)14(21)20-15/h2-7H,17H2,1H3,(H2,18,19,20,21). The monoisotopic (exact) mass is 300 g/mol. The maximum Gasteiger partial charge on any atom is 0.260 e. The van der Waals surface area contributed by atoms with E-state index in [1.54, 1.807) is 24.3 Å². The van der Waals surface area contributed by atoms with Crippen LogP contribution < -0.4 is 16.6 Å². The molecular weight excluding hydrogens is 288 g/mol. The number of anilines is 3. The number of H-pyrrole nitrogens is 1. The molecule has 0 bridgehead atoms. The molecule has 4 N–H and O–H groups in total. The fraction of sp³-hybridized carbons (Fsp3) is 0.0667. The summed E-state index contributed by atoms with van der Waals surface area (Å²) >= 11 is 6.13. The maximum absolute atomic E-state index is 12.1. The number of rotatable bonds is 2. The summed E-state index contributed by atoms with van der Waals surface area (Å²) in [4.78, 5) is 19.1. The van der Waals surface area contributed by atoms with Gasteiger partial charge < -0.3 is 11.1 Å². The van der Waals surface area contributed by atoms with Crippen LogP contribution in [0.15, 0.2) is 41.2 Å². The summed E-state index contributed by atoms with van der Waals surface area (Å²) in [5.74, 6) is 0.338. The van der Waals surface area contributed by atoms with Crippen LogP contribution in [0.4, 0.5) is 17.3 Å². The molecule has 0 aliphatic heterocycles. The Labute approximate surface area is 125 Å². The lowest BCUT2D eigenvalue weighted by Crippen LogP contribution is -2.11. The molecule has 0 saturated heterocycles. The van der Waals surface area contributed by atoms with Crippen molar-refractivity contribution in [3.05, 3.63) is 57.3 Å². The molecule has 3 aromatic rings. The zero-order valence-electron chi connectivity index (χ0n) is 11.3. The van der Waals surface area contributed by atoms with Crippen molar-refractivity contribution in [1.29, 1.82) is 0 Å². The third-order valence-electron chi connectivity index (χ3n) is 3.10. The lowest BCUT2D eigenvalue weighted by molar-refractivity contribution is 1.17. The first kappa shape index (κ1) is 13.5. The zero-order chi connectivity index (χ0) is 15.0. The first-order chi connectivity index (χ1) is 10.0. The van der Waals surface area contributed by atoms with Crippen molar-refractivity contribution in [3.8, 4) is 0 Å². The Morgan fingerprint density at radius 2 is 2.05 bits per heavy atom. The number of aromatic amines is 1. The molecule has 0 radical (unpaired) electrons. The summed E-state index contributed by atoms with van der Waals surface area (Å²) in [6.45, 7) is 1.96. The summed E-state index contributed by atoms with van der Waals surface area (Å²) in [6, 6.07) is 10.6. The lowest BCUT2D eigenvalue weighted by Gasteiger charge is -2.09. The van der Waals surface area contributed by atoms with Crippen LogP contribution in [0.5, 0.6) is 0 Å². The molecule has 1 heterocycles. The highest BCUT2D eigenvalue weighted by Gasteiger charge is 2.06. The smallest absolute Gasteiger partial charge is 0.260 e. The molecule has 1 aromatic heterocycles. The van der Waals surface area contributed by atoms with E-state index in [2.05, 4.69) is 15.3 Å². The summed E-state index contributed by atoms with van der Waals surface area (Å²) in [5, 5.41) is 4.04. The van der Waals surface area contributed by atoms with Crippen LogP contribution >= 0.6 is 11.6 Å². The van der Waals surface area contributed by atoms with E-state index >= 15 is 0 Å². The highest BCUT2D eigenvalue weighted by atomic mass is 35.5. The molecule has 0 aliphatic carbocycles. The molecule has 0 spiro atoms.